The lowest BCUT2D eigenvalue weighted by atomic mass is 9.78. The Morgan fingerprint density at radius 2 is 0.769 bits per heavy atom. The van der Waals surface area contributed by atoms with Crippen molar-refractivity contribution in [1.82, 2.24) is 0 Å². The summed E-state index contributed by atoms with van der Waals surface area (Å²) in [7, 11) is 0. The molecule has 0 saturated heterocycles. The van der Waals surface area contributed by atoms with Crippen molar-refractivity contribution in [2.45, 2.75) is 25.7 Å². The maximum atomic E-state index is 2.52. The molecular weight excluding hydrogens is 616 g/mol. The third-order valence-electron chi connectivity index (χ3n) is 2.50. The minimum absolute atomic E-state index is 0.671. The van der Waals surface area contributed by atoms with Gasteiger partial charge in [0.1, 0.15) is 0 Å². The molecule has 0 unspecified atom stereocenters. The van der Waals surface area contributed by atoms with Gasteiger partial charge in [-0.2, -0.15) is 0 Å². The van der Waals surface area contributed by atoms with E-state index in [4.69, 9.17) is 0 Å². The second-order valence-electron chi connectivity index (χ2n) is 3.26. The predicted octanol–water partition coefficient (Wildman–Crippen LogP) is 5.27. The van der Waals surface area contributed by atoms with E-state index in [0.29, 0.717) is 5.41 Å². The van der Waals surface area contributed by atoms with Gasteiger partial charge in [-0.1, -0.05) is 90.4 Å². The van der Waals surface area contributed by atoms with E-state index in [1.807, 2.05) is 0 Å². The lowest BCUT2D eigenvalue weighted by molar-refractivity contribution is 0.256. The van der Waals surface area contributed by atoms with Crippen LogP contribution in [0, 0.1) is 5.41 Å². The fourth-order valence-corrected chi connectivity index (χ4v) is 6.13. The molecule has 0 aliphatic rings. The molecular formula is C9H16I4. The van der Waals surface area contributed by atoms with E-state index in [1.54, 1.807) is 0 Å². The van der Waals surface area contributed by atoms with Crippen LogP contribution in [0.25, 0.3) is 0 Å². The zero-order valence-corrected chi connectivity index (χ0v) is 16.3. The van der Waals surface area contributed by atoms with Crippen LogP contribution in [0.2, 0.25) is 0 Å². The fourth-order valence-electron chi connectivity index (χ4n) is 1.55. The highest BCUT2D eigenvalue weighted by molar-refractivity contribution is 14.1. The maximum Gasteiger partial charge on any atom is 0.0000569 e. The highest BCUT2D eigenvalue weighted by Gasteiger charge is 2.26. The van der Waals surface area contributed by atoms with Crippen molar-refractivity contribution in [3.63, 3.8) is 0 Å². The summed E-state index contributed by atoms with van der Waals surface area (Å²) in [5.41, 5.74) is 0.671. The fraction of sp³-hybridized carbons (Fsp3) is 1.00. The van der Waals surface area contributed by atoms with Crippen molar-refractivity contribution in [3.8, 4) is 0 Å². The lowest BCUT2D eigenvalue weighted by Gasteiger charge is -2.32. The normalized spacial score (nSPS) is 12.0. The Labute approximate surface area is 137 Å². The molecule has 0 fully saturated rings. The second kappa shape index (κ2) is 10.1. The minimum Gasteiger partial charge on any atom is -0.0864 e. The molecule has 0 aromatic heterocycles. The monoisotopic (exact) mass is 632 g/mol. The Morgan fingerprint density at radius 3 is 0.923 bits per heavy atom. The van der Waals surface area contributed by atoms with Crippen molar-refractivity contribution in [2.24, 2.45) is 5.41 Å². The van der Waals surface area contributed by atoms with Crippen LogP contribution in [0.1, 0.15) is 25.7 Å². The van der Waals surface area contributed by atoms with E-state index in [9.17, 15) is 0 Å². The molecule has 0 heterocycles. The Bertz CT molecular complexity index is 86.7. The highest BCUT2D eigenvalue weighted by Crippen LogP contribution is 2.37. The third-order valence-corrected chi connectivity index (χ3v) is 4.66. The highest BCUT2D eigenvalue weighted by atomic mass is 127. The van der Waals surface area contributed by atoms with Gasteiger partial charge in [-0.05, 0) is 31.1 Å². The maximum absolute atomic E-state index is 2.52. The van der Waals surface area contributed by atoms with Crippen molar-refractivity contribution in [3.05, 3.63) is 0 Å². The number of halogens is 4. The van der Waals surface area contributed by atoms with Crippen molar-refractivity contribution >= 4 is 90.4 Å². The number of hydrogen-bond acceptors (Lipinski definition) is 0. The molecule has 0 aliphatic carbocycles. The van der Waals surface area contributed by atoms with Crippen molar-refractivity contribution in [2.75, 3.05) is 17.7 Å². The molecule has 80 valence electrons. The van der Waals surface area contributed by atoms with Crippen LogP contribution in [-0.2, 0) is 0 Å². The predicted molar refractivity (Wildman–Crippen MR) is 96.4 cm³/mol. The molecule has 0 bridgehead atoms. The zero-order valence-electron chi connectivity index (χ0n) is 7.67. The first-order valence-corrected chi connectivity index (χ1v) is 10.6. The van der Waals surface area contributed by atoms with Crippen LogP contribution < -0.4 is 0 Å². The van der Waals surface area contributed by atoms with E-state index in [0.717, 1.165) is 0 Å². The van der Waals surface area contributed by atoms with E-state index in [1.165, 1.54) is 43.4 Å². The topological polar surface area (TPSA) is 0 Å². The first kappa shape index (κ1) is 15.9. The van der Waals surface area contributed by atoms with Crippen molar-refractivity contribution < 1.29 is 0 Å². The second-order valence-corrected chi connectivity index (χ2v) is 7.57. The molecule has 0 rings (SSSR count). The van der Waals surface area contributed by atoms with Gasteiger partial charge in [0.05, 0.1) is 0 Å². The van der Waals surface area contributed by atoms with Gasteiger partial charge >= 0.3 is 0 Å². The van der Waals surface area contributed by atoms with E-state index < -0.39 is 0 Å². The van der Waals surface area contributed by atoms with Crippen LogP contribution in [0.5, 0.6) is 0 Å². The van der Waals surface area contributed by atoms with Gasteiger partial charge in [-0.15, -0.1) is 0 Å². The summed E-state index contributed by atoms with van der Waals surface area (Å²) in [5.74, 6) is 0. The largest absolute Gasteiger partial charge is 0.0864 e. The number of alkyl halides is 4. The van der Waals surface area contributed by atoms with Crippen LogP contribution in [-0.4, -0.2) is 17.7 Å². The summed E-state index contributed by atoms with van der Waals surface area (Å²) in [4.78, 5) is 0. The summed E-state index contributed by atoms with van der Waals surface area (Å²) < 4.78 is 5.28. The molecule has 0 atom stereocenters. The first-order chi connectivity index (χ1) is 6.24. The first-order valence-electron chi connectivity index (χ1n) is 4.48. The molecule has 0 spiro atoms. The molecule has 0 radical (unpaired) electrons. The Morgan fingerprint density at radius 1 is 0.538 bits per heavy atom. The lowest BCUT2D eigenvalue weighted by Crippen LogP contribution is -2.23. The average molecular weight is 632 g/mol. The van der Waals surface area contributed by atoms with E-state index in [-0.39, 0.29) is 0 Å². The molecule has 0 aromatic carbocycles. The van der Waals surface area contributed by atoms with Crippen LogP contribution in [0.3, 0.4) is 0 Å². The Hall–Kier alpha value is 2.92. The number of rotatable bonds is 8. The van der Waals surface area contributed by atoms with Gasteiger partial charge in [0.15, 0.2) is 0 Å². The summed E-state index contributed by atoms with van der Waals surface area (Å²) in [6, 6.07) is 0. The smallest absolute Gasteiger partial charge is 0.0000569 e. The number of hydrogen-bond donors (Lipinski definition) is 0. The van der Waals surface area contributed by atoms with Gasteiger partial charge in [0.2, 0.25) is 0 Å². The summed E-state index contributed by atoms with van der Waals surface area (Å²) in [5, 5.41) is 0. The van der Waals surface area contributed by atoms with Crippen LogP contribution in [0.4, 0.5) is 0 Å². The van der Waals surface area contributed by atoms with Gasteiger partial charge in [-0.3, -0.25) is 0 Å². The van der Waals surface area contributed by atoms with Crippen LogP contribution in [0.15, 0.2) is 0 Å². The molecule has 0 N–H and O–H groups in total. The van der Waals surface area contributed by atoms with Gasteiger partial charge < -0.3 is 0 Å². The van der Waals surface area contributed by atoms with Gasteiger partial charge in [0, 0.05) is 17.7 Å². The molecule has 0 aliphatic heterocycles. The zero-order chi connectivity index (χ0) is 10.2. The Balaban J connectivity index is 4.19. The molecule has 0 nitrogen and oxygen atoms in total. The Kier molecular flexibility index (Phi) is 12.4. The third kappa shape index (κ3) is 6.96. The summed E-state index contributed by atoms with van der Waals surface area (Å²) >= 11 is 10.1. The summed E-state index contributed by atoms with van der Waals surface area (Å²) in [6.45, 7) is 0. The van der Waals surface area contributed by atoms with Crippen molar-refractivity contribution in [1.29, 1.82) is 0 Å². The van der Waals surface area contributed by atoms with E-state index in [2.05, 4.69) is 90.4 Å². The quantitative estimate of drug-likeness (QED) is 0.253. The summed E-state index contributed by atoms with van der Waals surface area (Å²) in [6.07, 6.45) is 5.68. The molecule has 0 amide bonds. The SMILES string of the molecule is ICCC(CCI)(CCI)CCI. The standard InChI is InChI=1S/C9H16I4/c10-5-1-9(2-6-11,3-7-12)4-8-13/h1-8H2. The average Bonchev–Trinajstić information content (AvgIpc) is 2.06. The molecule has 0 aromatic rings. The molecule has 0 saturated carbocycles. The van der Waals surface area contributed by atoms with Crippen LogP contribution >= 0.6 is 90.4 Å². The molecule has 13 heavy (non-hydrogen) atoms. The molecule has 4 heteroatoms. The van der Waals surface area contributed by atoms with Gasteiger partial charge in [-0.25, -0.2) is 0 Å². The van der Waals surface area contributed by atoms with E-state index >= 15 is 0 Å². The minimum atomic E-state index is 0.671. The van der Waals surface area contributed by atoms with Gasteiger partial charge in [0.25, 0.3) is 0 Å².